The molecule has 1 aliphatic rings. The van der Waals surface area contributed by atoms with Crippen LogP contribution in [0.2, 0.25) is 0 Å². The van der Waals surface area contributed by atoms with Crippen LogP contribution in [0.4, 0.5) is 0 Å². The fourth-order valence-electron chi connectivity index (χ4n) is 2.36. The number of rotatable bonds is 8. The minimum atomic E-state index is -1.25. The quantitative estimate of drug-likeness (QED) is 0.230. The first-order valence-electron chi connectivity index (χ1n) is 7.37. The van der Waals surface area contributed by atoms with Gasteiger partial charge in [0.05, 0.1) is 18.8 Å². The summed E-state index contributed by atoms with van der Waals surface area (Å²) in [6, 6.07) is -0.781. The third-order valence-corrected chi connectivity index (χ3v) is 3.83. The van der Waals surface area contributed by atoms with Crippen LogP contribution in [0.1, 0.15) is 19.3 Å². The Kier molecular flexibility index (Phi) is 8.16. The summed E-state index contributed by atoms with van der Waals surface area (Å²) in [5.41, 5.74) is 0. The summed E-state index contributed by atoms with van der Waals surface area (Å²) < 4.78 is 1.43. The highest BCUT2D eigenvalue weighted by Crippen LogP contribution is 2.12. The smallest absolute Gasteiger partial charge is 0.213 e. The molecule has 0 saturated heterocycles. The maximum absolute atomic E-state index is 9.99. The number of hydrogen-bond acceptors (Lipinski definition) is 7. The number of hydrogen-bond donors (Lipinski definition) is 7. The molecule has 0 spiro atoms. The average Bonchev–Trinajstić information content (AvgIpc) is 2.63. The van der Waals surface area contributed by atoms with E-state index in [1.165, 1.54) is 10.7 Å². The Morgan fingerprint density at radius 2 is 1.77 bits per heavy atom. The van der Waals surface area contributed by atoms with Gasteiger partial charge in [0.2, 0.25) is 6.04 Å². The minimum Gasteiger partial charge on any atom is -0.394 e. The van der Waals surface area contributed by atoms with Crippen molar-refractivity contribution >= 4 is 5.87 Å². The summed E-state index contributed by atoms with van der Waals surface area (Å²) in [5.74, 6) is 2.81. The fourth-order valence-corrected chi connectivity index (χ4v) is 2.36. The minimum absolute atomic E-state index is 0.0491. The second-order valence-electron chi connectivity index (χ2n) is 5.58. The highest BCUT2D eigenvalue weighted by molar-refractivity contribution is 5.46. The van der Waals surface area contributed by atoms with Crippen LogP contribution in [0, 0.1) is 0 Å². The largest absolute Gasteiger partial charge is 0.394 e. The lowest BCUT2D eigenvalue weighted by atomic mass is 10.0. The highest BCUT2D eigenvalue weighted by atomic mass is 16.4. The van der Waals surface area contributed by atoms with E-state index in [0.717, 1.165) is 0 Å². The van der Waals surface area contributed by atoms with E-state index in [2.05, 4.69) is 5.87 Å². The van der Waals surface area contributed by atoms with E-state index in [4.69, 9.17) is 5.11 Å². The van der Waals surface area contributed by atoms with Gasteiger partial charge in [0.1, 0.15) is 24.9 Å². The molecule has 1 heterocycles. The Morgan fingerprint density at radius 1 is 1.09 bits per heavy atom. The Labute approximate surface area is 128 Å². The van der Waals surface area contributed by atoms with Gasteiger partial charge in [-0.25, -0.2) is 0 Å². The molecule has 6 atom stereocenters. The van der Waals surface area contributed by atoms with Gasteiger partial charge in [0, 0.05) is 12.5 Å². The normalized spacial score (nSPS) is 29.6. The molecule has 7 N–H and O–H groups in total. The third kappa shape index (κ3) is 5.42. The Hall–Kier alpha value is -0.830. The second kappa shape index (κ2) is 9.34. The van der Waals surface area contributed by atoms with E-state index in [9.17, 15) is 30.6 Å². The zero-order chi connectivity index (χ0) is 16.7. The molecule has 1 aliphatic heterocycles. The van der Waals surface area contributed by atoms with E-state index in [1.54, 1.807) is 0 Å². The lowest BCUT2D eigenvalue weighted by Crippen LogP contribution is -2.47. The van der Waals surface area contributed by atoms with Crippen molar-refractivity contribution in [2.45, 2.75) is 55.8 Å². The SMILES string of the molecule is OCC(O)C(O)CCC(O)C[N+]1=C=CCC(O)C(O)C1CO. The van der Waals surface area contributed by atoms with E-state index in [-0.39, 0.29) is 25.8 Å². The molecule has 0 aliphatic carbocycles. The highest BCUT2D eigenvalue weighted by Gasteiger charge is 2.36. The van der Waals surface area contributed by atoms with Crippen LogP contribution in [0.3, 0.4) is 0 Å². The molecular weight excluding hydrogens is 294 g/mol. The molecule has 8 heteroatoms. The van der Waals surface area contributed by atoms with E-state index in [1.807, 2.05) is 0 Å². The molecule has 0 saturated carbocycles. The predicted molar refractivity (Wildman–Crippen MR) is 76.5 cm³/mol. The first kappa shape index (κ1) is 19.2. The number of aliphatic hydroxyl groups excluding tert-OH is 7. The Balaban J connectivity index is 2.58. The molecule has 0 aromatic rings. The molecule has 0 aromatic carbocycles. The van der Waals surface area contributed by atoms with Gasteiger partial charge in [0.25, 0.3) is 0 Å². The van der Waals surface area contributed by atoms with Crippen LogP contribution in [0.15, 0.2) is 6.08 Å². The van der Waals surface area contributed by atoms with Gasteiger partial charge in [-0.3, -0.25) is 0 Å². The molecule has 0 aromatic heterocycles. The van der Waals surface area contributed by atoms with Gasteiger partial charge in [-0.2, -0.15) is 4.58 Å². The standard InChI is InChI=1S/C14H26NO7/c16-7-10-14(22)12(20)2-1-5-15(10)6-9(18)3-4-11(19)13(21)8-17/h1,9-14,16-22H,2-4,6-8H2/q+1. The molecule has 0 bridgehead atoms. The van der Waals surface area contributed by atoms with Crippen LogP contribution < -0.4 is 0 Å². The van der Waals surface area contributed by atoms with Crippen LogP contribution in [-0.2, 0) is 0 Å². The summed E-state index contributed by atoms with van der Waals surface area (Å²) in [6.07, 6.45) is -3.46. The molecule has 6 unspecified atom stereocenters. The molecule has 8 nitrogen and oxygen atoms in total. The maximum atomic E-state index is 9.99. The lowest BCUT2D eigenvalue weighted by Gasteiger charge is -2.21. The average molecular weight is 320 g/mol. The monoisotopic (exact) mass is 320 g/mol. The van der Waals surface area contributed by atoms with E-state index in [0.29, 0.717) is 0 Å². The van der Waals surface area contributed by atoms with Gasteiger partial charge in [0.15, 0.2) is 12.4 Å². The Bertz CT molecular complexity index is 397. The van der Waals surface area contributed by atoms with Crippen molar-refractivity contribution in [1.29, 1.82) is 0 Å². The summed E-state index contributed by atoms with van der Waals surface area (Å²) in [7, 11) is 0. The van der Waals surface area contributed by atoms with Crippen LogP contribution in [0.25, 0.3) is 0 Å². The van der Waals surface area contributed by atoms with Crippen molar-refractivity contribution in [3.8, 4) is 0 Å². The second-order valence-corrected chi connectivity index (χ2v) is 5.58. The molecule has 1 rings (SSSR count). The zero-order valence-corrected chi connectivity index (χ0v) is 12.4. The van der Waals surface area contributed by atoms with Crippen molar-refractivity contribution in [3.05, 3.63) is 6.08 Å². The Morgan fingerprint density at radius 3 is 2.36 bits per heavy atom. The van der Waals surface area contributed by atoms with E-state index < -0.39 is 49.8 Å². The molecule has 0 amide bonds. The maximum Gasteiger partial charge on any atom is 0.213 e. The topological polar surface area (TPSA) is 145 Å². The van der Waals surface area contributed by atoms with Gasteiger partial charge in [-0.15, -0.1) is 0 Å². The van der Waals surface area contributed by atoms with Crippen LogP contribution in [0.5, 0.6) is 0 Å². The van der Waals surface area contributed by atoms with Gasteiger partial charge < -0.3 is 35.7 Å². The zero-order valence-electron chi connectivity index (χ0n) is 12.4. The lowest BCUT2D eigenvalue weighted by molar-refractivity contribution is -0.581. The molecular formula is C14H26NO7+. The molecule has 128 valence electrons. The first-order chi connectivity index (χ1) is 10.4. The van der Waals surface area contributed by atoms with Crippen molar-refractivity contribution in [2.24, 2.45) is 0 Å². The van der Waals surface area contributed by atoms with Crippen molar-refractivity contribution in [2.75, 3.05) is 19.8 Å². The molecule has 22 heavy (non-hydrogen) atoms. The number of β-amino-alcohol motifs (C(OH)–C–C–N with tert-alkyl or cyclic N) is 1. The first-order valence-corrected chi connectivity index (χ1v) is 7.37. The van der Waals surface area contributed by atoms with Gasteiger partial charge in [-0.05, 0) is 12.8 Å². The van der Waals surface area contributed by atoms with Gasteiger partial charge >= 0.3 is 0 Å². The molecule has 0 fully saturated rings. The van der Waals surface area contributed by atoms with Crippen LogP contribution >= 0.6 is 0 Å². The van der Waals surface area contributed by atoms with Crippen molar-refractivity contribution < 1.29 is 40.3 Å². The fraction of sp³-hybridized carbons (Fsp3) is 0.857. The van der Waals surface area contributed by atoms with Gasteiger partial charge in [-0.1, -0.05) is 0 Å². The summed E-state index contributed by atoms with van der Waals surface area (Å²) in [5, 5.41) is 66.4. The third-order valence-electron chi connectivity index (χ3n) is 3.83. The number of aliphatic hydroxyl groups is 7. The van der Waals surface area contributed by atoms with Crippen molar-refractivity contribution in [1.82, 2.24) is 0 Å². The summed E-state index contributed by atoms with van der Waals surface area (Å²) >= 11 is 0. The number of nitrogens with zero attached hydrogens (tertiary/aromatic N) is 1. The van der Waals surface area contributed by atoms with E-state index >= 15 is 0 Å². The predicted octanol–water partition coefficient (Wildman–Crippen LogP) is -3.43. The van der Waals surface area contributed by atoms with Crippen molar-refractivity contribution in [3.63, 3.8) is 0 Å². The molecule has 0 radical (unpaired) electrons. The van der Waals surface area contributed by atoms with Crippen LogP contribution in [-0.4, -0.2) is 103 Å². The summed E-state index contributed by atoms with van der Waals surface area (Å²) in [4.78, 5) is 0. The summed E-state index contributed by atoms with van der Waals surface area (Å²) in [6.45, 7) is -0.915.